The number of hydrogen-bond acceptors (Lipinski definition) is 4. The first-order valence-electron chi connectivity index (χ1n) is 9.38. The van der Waals surface area contributed by atoms with Gasteiger partial charge in [-0.15, -0.1) is 0 Å². The Labute approximate surface area is 172 Å². The Morgan fingerprint density at radius 2 is 1.73 bits per heavy atom. The minimum absolute atomic E-state index is 0.0283. The number of fused-ring (bicyclic) bond motifs is 1. The van der Waals surface area contributed by atoms with E-state index in [9.17, 15) is 14.0 Å². The number of hydrazine groups is 1. The molecule has 4 rings (SSSR count). The summed E-state index contributed by atoms with van der Waals surface area (Å²) in [7, 11) is 0. The van der Waals surface area contributed by atoms with Gasteiger partial charge in [-0.05, 0) is 44.2 Å². The Morgan fingerprint density at radius 1 is 1.03 bits per heavy atom. The van der Waals surface area contributed by atoms with Crippen LogP contribution in [-0.4, -0.2) is 29.1 Å². The number of ether oxygens (including phenoxy) is 2. The maximum absolute atomic E-state index is 14.2. The van der Waals surface area contributed by atoms with E-state index in [4.69, 9.17) is 9.47 Å². The summed E-state index contributed by atoms with van der Waals surface area (Å²) in [6.07, 6.45) is -0.897. The summed E-state index contributed by atoms with van der Waals surface area (Å²) >= 11 is 0. The van der Waals surface area contributed by atoms with Gasteiger partial charge in [0.2, 0.25) is 6.10 Å². The Bertz CT molecular complexity index is 1130. The monoisotopic (exact) mass is 409 g/mol. The van der Waals surface area contributed by atoms with Gasteiger partial charge in [-0.2, -0.15) is 0 Å². The Kier molecular flexibility index (Phi) is 5.14. The smallest absolute Gasteiger partial charge is 0.283 e. The number of halogens is 1. The summed E-state index contributed by atoms with van der Waals surface area (Å²) in [5.74, 6) is -0.430. The van der Waals surface area contributed by atoms with Crippen molar-refractivity contribution in [3.8, 4) is 17.2 Å². The van der Waals surface area contributed by atoms with Gasteiger partial charge in [0.15, 0.2) is 11.5 Å². The number of carbonyl (C=O) groups is 2. The molecule has 154 valence electrons. The molecule has 2 amide bonds. The predicted molar refractivity (Wildman–Crippen MR) is 107 cm³/mol. The Balaban J connectivity index is 1.44. The second kappa shape index (κ2) is 7.90. The molecule has 0 aliphatic carbocycles. The van der Waals surface area contributed by atoms with Gasteiger partial charge >= 0.3 is 0 Å². The van der Waals surface area contributed by atoms with Crippen LogP contribution in [0, 0.1) is 19.7 Å². The van der Waals surface area contributed by atoms with Gasteiger partial charge in [0, 0.05) is 11.4 Å². The van der Waals surface area contributed by atoms with Crippen LogP contribution in [0.2, 0.25) is 0 Å². The zero-order valence-corrected chi connectivity index (χ0v) is 16.4. The first-order chi connectivity index (χ1) is 14.5. The molecule has 1 atom stereocenters. The van der Waals surface area contributed by atoms with Crippen LogP contribution < -0.4 is 20.3 Å². The Hall–Kier alpha value is -3.81. The third kappa shape index (κ3) is 3.59. The number of para-hydroxylation sites is 3. The first-order valence-corrected chi connectivity index (χ1v) is 9.38. The third-order valence-electron chi connectivity index (χ3n) is 4.87. The van der Waals surface area contributed by atoms with E-state index in [1.807, 2.05) is 0 Å². The zero-order chi connectivity index (χ0) is 21.3. The topological polar surface area (TPSA) is 81.6 Å². The quantitative estimate of drug-likeness (QED) is 0.652. The molecule has 1 aromatic heterocycles. The van der Waals surface area contributed by atoms with Crippen molar-refractivity contribution >= 4 is 11.8 Å². The average molecular weight is 409 g/mol. The first kappa shape index (κ1) is 19.5. The van der Waals surface area contributed by atoms with Crippen LogP contribution in [-0.2, 0) is 4.79 Å². The number of aromatic nitrogens is 1. The zero-order valence-electron chi connectivity index (χ0n) is 16.4. The molecule has 7 nitrogen and oxygen atoms in total. The summed E-state index contributed by atoms with van der Waals surface area (Å²) < 4.78 is 27.0. The second-order valence-electron chi connectivity index (χ2n) is 6.88. The molecule has 3 aromatic rings. The van der Waals surface area contributed by atoms with Crippen LogP contribution >= 0.6 is 0 Å². The highest BCUT2D eigenvalue weighted by molar-refractivity contribution is 5.97. The maximum Gasteiger partial charge on any atom is 0.283 e. The van der Waals surface area contributed by atoms with Gasteiger partial charge in [-0.3, -0.25) is 20.4 Å². The standard InChI is InChI=1S/C22H20FN3O4/c1-13-11-15(14(2)26(13)17-8-4-3-7-16(17)23)21(27)24-25-22(28)20-12-29-18-9-5-6-10-19(18)30-20/h3-11,20H,12H2,1-2H3,(H,24,27)(H,25,28)/t20-/m1/s1. The highest BCUT2D eigenvalue weighted by atomic mass is 19.1. The molecule has 2 heterocycles. The molecule has 30 heavy (non-hydrogen) atoms. The number of hydrogen-bond donors (Lipinski definition) is 2. The largest absolute Gasteiger partial charge is 0.485 e. The van der Waals surface area contributed by atoms with Crippen LogP contribution in [0.4, 0.5) is 4.39 Å². The number of aryl methyl sites for hydroxylation is 1. The van der Waals surface area contributed by atoms with Crippen molar-refractivity contribution in [2.24, 2.45) is 0 Å². The fourth-order valence-corrected chi connectivity index (χ4v) is 3.41. The van der Waals surface area contributed by atoms with Gasteiger partial charge in [-0.25, -0.2) is 4.39 Å². The lowest BCUT2D eigenvalue weighted by Crippen LogP contribution is -2.50. The second-order valence-corrected chi connectivity index (χ2v) is 6.88. The molecule has 0 bridgehead atoms. The average Bonchev–Trinajstić information content (AvgIpc) is 3.05. The minimum Gasteiger partial charge on any atom is -0.485 e. The van der Waals surface area contributed by atoms with Crippen molar-refractivity contribution in [3.05, 3.63) is 77.4 Å². The van der Waals surface area contributed by atoms with Crippen LogP contribution in [0.3, 0.4) is 0 Å². The highest BCUT2D eigenvalue weighted by Gasteiger charge is 2.28. The molecule has 0 saturated carbocycles. The molecular weight excluding hydrogens is 389 g/mol. The summed E-state index contributed by atoms with van der Waals surface area (Å²) in [5, 5.41) is 0. The molecule has 2 aromatic carbocycles. The van der Waals surface area contributed by atoms with Crippen LogP contribution in [0.15, 0.2) is 54.6 Å². The normalized spacial score (nSPS) is 14.8. The van der Waals surface area contributed by atoms with Crippen LogP contribution in [0.5, 0.6) is 11.5 Å². The Morgan fingerprint density at radius 3 is 2.50 bits per heavy atom. The molecule has 2 N–H and O–H groups in total. The molecule has 1 aliphatic rings. The van der Waals surface area contributed by atoms with Gasteiger partial charge in [-0.1, -0.05) is 24.3 Å². The van der Waals surface area contributed by atoms with Crippen molar-refractivity contribution in [1.82, 2.24) is 15.4 Å². The van der Waals surface area contributed by atoms with Gasteiger partial charge in [0.05, 0.1) is 11.3 Å². The fraction of sp³-hybridized carbons (Fsp3) is 0.182. The molecule has 0 fully saturated rings. The molecule has 0 unspecified atom stereocenters. The van der Waals surface area contributed by atoms with Crippen molar-refractivity contribution < 1.29 is 23.5 Å². The van der Waals surface area contributed by atoms with E-state index in [1.165, 1.54) is 6.07 Å². The molecule has 0 spiro atoms. The summed E-state index contributed by atoms with van der Waals surface area (Å²) in [6, 6.07) is 15.0. The molecular formula is C22H20FN3O4. The number of benzene rings is 2. The lowest BCUT2D eigenvalue weighted by molar-refractivity contribution is -0.131. The summed E-state index contributed by atoms with van der Waals surface area (Å²) in [6.45, 7) is 3.52. The minimum atomic E-state index is -0.897. The van der Waals surface area contributed by atoms with E-state index >= 15 is 0 Å². The van der Waals surface area contributed by atoms with E-state index in [0.717, 1.165) is 0 Å². The number of carbonyl (C=O) groups excluding carboxylic acids is 2. The number of nitrogens with zero attached hydrogens (tertiary/aromatic N) is 1. The highest BCUT2D eigenvalue weighted by Crippen LogP contribution is 2.30. The van der Waals surface area contributed by atoms with Gasteiger partial charge in [0.1, 0.15) is 12.4 Å². The van der Waals surface area contributed by atoms with Crippen LogP contribution in [0.1, 0.15) is 21.7 Å². The summed E-state index contributed by atoms with van der Waals surface area (Å²) in [4.78, 5) is 25.0. The lowest BCUT2D eigenvalue weighted by atomic mass is 10.2. The predicted octanol–water partition coefficient (Wildman–Crippen LogP) is 2.83. The van der Waals surface area contributed by atoms with E-state index in [-0.39, 0.29) is 6.61 Å². The molecule has 0 radical (unpaired) electrons. The summed E-state index contributed by atoms with van der Waals surface area (Å²) in [5.41, 5.74) is 6.66. The van der Waals surface area contributed by atoms with Gasteiger partial charge in [0.25, 0.3) is 11.8 Å². The number of rotatable bonds is 3. The van der Waals surface area contributed by atoms with E-state index in [1.54, 1.807) is 66.9 Å². The van der Waals surface area contributed by atoms with Crippen molar-refractivity contribution in [3.63, 3.8) is 0 Å². The SMILES string of the molecule is Cc1cc(C(=O)NNC(=O)[C@H]2COc3ccccc3O2)c(C)n1-c1ccccc1F. The van der Waals surface area contributed by atoms with Crippen LogP contribution in [0.25, 0.3) is 5.69 Å². The van der Waals surface area contributed by atoms with E-state index < -0.39 is 23.7 Å². The van der Waals surface area contributed by atoms with Crippen molar-refractivity contribution in [1.29, 1.82) is 0 Å². The molecule has 8 heteroatoms. The lowest BCUT2D eigenvalue weighted by Gasteiger charge is -2.25. The fourth-order valence-electron chi connectivity index (χ4n) is 3.41. The number of amides is 2. The van der Waals surface area contributed by atoms with Crippen molar-refractivity contribution in [2.75, 3.05) is 6.61 Å². The van der Waals surface area contributed by atoms with Gasteiger partial charge < -0.3 is 14.0 Å². The van der Waals surface area contributed by atoms with E-state index in [2.05, 4.69) is 10.9 Å². The van der Waals surface area contributed by atoms with Crippen molar-refractivity contribution in [2.45, 2.75) is 20.0 Å². The maximum atomic E-state index is 14.2. The third-order valence-corrected chi connectivity index (χ3v) is 4.87. The van der Waals surface area contributed by atoms with E-state index in [0.29, 0.717) is 34.1 Å². The number of nitrogens with one attached hydrogen (secondary N) is 2. The molecule has 1 aliphatic heterocycles. The molecule has 0 saturated heterocycles.